The SMILES string of the molecule is CC(C)(C)NCc1ccc(OCc2cccs2)cc1. The molecule has 0 aliphatic rings. The Balaban J connectivity index is 1.84. The van der Waals surface area contributed by atoms with Gasteiger partial charge < -0.3 is 10.1 Å². The molecule has 1 N–H and O–H groups in total. The van der Waals surface area contributed by atoms with Crippen molar-refractivity contribution in [2.45, 2.75) is 39.5 Å². The molecule has 2 rings (SSSR count). The van der Waals surface area contributed by atoms with E-state index in [4.69, 9.17) is 4.74 Å². The van der Waals surface area contributed by atoms with Crippen LogP contribution in [0, 0.1) is 0 Å². The average Bonchev–Trinajstić information content (AvgIpc) is 2.87. The van der Waals surface area contributed by atoms with Crippen molar-refractivity contribution in [1.29, 1.82) is 0 Å². The van der Waals surface area contributed by atoms with Crippen LogP contribution in [0.1, 0.15) is 31.2 Å². The van der Waals surface area contributed by atoms with E-state index < -0.39 is 0 Å². The van der Waals surface area contributed by atoms with E-state index in [0.717, 1.165) is 12.3 Å². The van der Waals surface area contributed by atoms with Crippen molar-refractivity contribution < 1.29 is 4.74 Å². The molecule has 0 spiro atoms. The first-order valence-electron chi connectivity index (χ1n) is 6.52. The lowest BCUT2D eigenvalue weighted by Crippen LogP contribution is -2.34. The zero-order valence-corrected chi connectivity index (χ0v) is 12.6. The van der Waals surface area contributed by atoms with Crippen LogP contribution >= 0.6 is 11.3 Å². The Bertz CT molecular complexity index is 482. The standard InChI is InChI=1S/C16H21NOS/c1-16(2,3)17-11-13-6-8-14(9-7-13)18-12-15-5-4-10-19-15/h4-10,17H,11-12H2,1-3H3. The lowest BCUT2D eigenvalue weighted by atomic mass is 10.1. The summed E-state index contributed by atoms with van der Waals surface area (Å²) in [5.74, 6) is 0.924. The molecule has 1 aromatic carbocycles. The average molecular weight is 275 g/mol. The van der Waals surface area contributed by atoms with E-state index in [-0.39, 0.29) is 5.54 Å². The van der Waals surface area contributed by atoms with E-state index in [0.29, 0.717) is 6.61 Å². The zero-order valence-electron chi connectivity index (χ0n) is 11.8. The van der Waals surface area contributed by atoms with Gasteiger partial charge in [0.1, 0.15) is 12.4 Å². The van der Waals surface area contributed by atoms with Gasteiger partial charge in [-0.3, -0.25) is 0 Å². The summed E-state index contributed by atoms with van der Waals surface area (Å²) < 4.78 is 5.74. The Morgan fingerprint density at radius 2 is 1.84 bits per heavy atom. The van der Waals surface area contributed by atoms with E-state index in [2.05, 4.69) is 49.7 Å². The Labute approximate surface area is 119 Å². The van der Waals surface area contributed by atoms with Gasteiger partial charge in [-0.05, 0) is 49.9 Å². The molecule has 0 radical (unpaired) electrons. The Kier molecular flexibility index (Phi) is 4.61. The predicted octanol–water partition coefficient (Wildman–Crippen LogP) is 4.22. The summed E-state index contributed by atoms with van der Waals surface area (Å²) in [6.45, 7) is 8.05. The van der Waals surface area contributed by atoms with Crippen molar-refractivity contribution in [3.05, 3.63) is 52.2 Å². The first-order valence-corrected chi connectivity index (χ1v) is 7.40. The van der Waals surface area contributed by atoms with Gasteiger partial charge in [0, 0.05) is 17.0 Å². The van der Waals surface area contributed by atoms with E-state index >= 15 is 0 Å². The molecule has 0 aliphatic carbocycles. The Morgan fingerprint density at radius 1 is 1.11 bits per heavy atom. The third-order valence-corrected chi connectivity index (χ3v) is 3.56. The Hall–Kier alpha value is -1.32. The van der Waals surface area contributed by atoms with Gasteiger partial charge in [0.25, 0.3) is 0 Å². The summed E-state index contributed by atoms with van der Waals surface area (Å²) in [6, 6.07) is 12.4. The largest absolute Gasteiger partial charge is 0.488 e. The minimum Gasteiger partial charge on any atom is -0.488 e. The quantitative estimate of drug-likeness (QED) is 0.882. The second-order valence-corrected chi connectivity index (χ2v) is 6.65. The number of rotatable bonds is 5. The fourth-order valence-electron chi connectivity index (χ4n) is 1.62. The molecule has 0 saturated heterocycles. The molecular weight excluding hydrogens is 254 g/mol. The predicted molar refractivity (Wildman–Crippen MR) is 81.7 cm³/mol. The molecule has 0 fully saturated rings. The van der Waals surface area contributed by atoms with Crippen LogP contribution in [0.5, 0.6) is 5.75 Å². The van der Waals surface area contributed by atoms with Gasteiger partial charge in [-0.2, -0.15) is 0 Å². The smallest absolute Gasteiger partial charge is 0.122 e. The molecule has 0 bridgehead atoms. The van der Waals surface area contributed by atoms with Crippen LogP contribution < -0.4 is 10.1 Å². The fourth-order valence-corrected chi connectivity index (χ4v) is 2.24. The number of hydrogen-bond acceptors (Lipinski definition) is 3. The first kappa shape index (κ1) is 14.1. The number of thiophene rings is 1. The summed E-state index contributed by atoms with van der Waals surface area (Å²) in [7, 11) is 0. The van der Waals surface area contributed by atoms with Crippen molar-refractivity contribution in [1.82, 2.24) is 5.32 Å². The van der Waals surface area contributed by atoms with Gasteiger partial charge in [0.05, 0.1) is 0 Å². The van der Waals surface area contributed by atoms with Crippen molar-refractivity contribution in [2.24, 2.45) is 0 Å². The molecule has 0 aliphatic heterocycles. The highest BCUT2D eigenvalue weighted by molar-refractivity contribution is 7.09. The lowest BCUT2D eigenvalue weighted by molar-refractivity contribution is 0.309. The molecule has 102 valence electrons. The van der Waals surface area contributed by atoms with Crippen molar-refractivity contribution in [2.75, 3.05) is 0 Å². The van der Waals surface area contributed by atoms with E-state index in [1.807, 2.05) is 18.2 Å². The van der Waals surface area contributed by atoms with Gasteiger partial charge >= 0.3 is 0 Å². The number of ether oxygens (including phenoxy) is 1. The Morgan fingerprint density at radius 3 is 2.42 bits per heavy atom. The van der Waals surface area contributed by atoms with E-state index in [1.165, 1.54) is 10.4 Å². The molecular formula is C16H21NOS. The van der Waals surface area contributed by atoms with Crippen LogP contribution in [0.2, 0.25) is 0 Å². The highest BCUT2D eigenvalue weighted by Crippen LogP contribution is 2.16. The highest BCUT2D eigenvalue weighted by Gasteiger charge is 2.08. The maximum atomic E-state index is 5.74. The molecule has 19 heavy (non-hydrogen) atoms. The van der Waals surface area contributed by atoms with Gasteiger partial charge in [-0.1, -0.05) is 18.2 Å². The molecule has 0 amide bonds. The number of hydrogen-bond donors (Lipinski definition) is 1. The molecule has 2 nitrogen and oxygen atoms in total. The molecule has 0 unspecified atom stereocenters. The molecule has 3 heteroatoms. The van der Waals surface area contributed by atoms with Gasteiger partial charge in [-0.15, -0.1) is 11.3 Å². The van der Waals surface area contributed by atoms with Crippen LogP contribution in [0.15, 0.2) is 41.8 Å². The fraction of sp³-hybridized carbons (Fsp3) is 0.375. The minimum atomic E-state index is 0.147. The van der Waals surface area contributed by atoms with Gasteiger partial charge in [-0.25, -0.2) is 0 Å². The van der Waals surface area contributed by atoms with E-state index in [9.17, 15) is 0 Å². The maximum absolute atomic E-state index is 5.74. The van der Waals surface area contributed by atoms with Crippen LogP contribution in [-0.4, -0.2) is 5.54 Å². The highest BCUT2D eigenvalue weighted by atomic mass is 32.1. The summed E-state index contributed by atoms with van der Waals surface area (Å²) in [6.07, 6.45) is 0. The van der Waals surface area contributed by atoms with Crippen molar-refractivity contribution >= 4 is 11.3 Å². The molecule has 1 heterocycles. The first-order chi connectivity index (χ1) is 9.03. The zero-order chi connectivity index (χ0) is 13.7. The summed E-state index contributed by atoms with van der Waals surface area (Å²) >= 11 is 1.72. The maximum Gasteiger partial charge on any atom is 0.122 e. The second kappa shape index (κ2) is 6.22. The third-order valence-electron chi connectivity index (χ3n) is 2.71. The monoisotopic (exact) mass is 275 g/mol. The summed E-state index contributed by atoms with van der Waals surface area (Å²) in [5.41, 5.74) is 1.42. The number of nitrogens with one attached hydrogen (secondary N) is 1. The number of benzene rings is 1. The van der Waals surface area contributed by atoms with Gasteiger partial charge in [0.2, 0.25) is 0 Å². The lowest BCUT2D eigenvalue weighted by Gasteiger charge is -2.20. The summed E-state index contributed by atoms with van der Waals surface area (Å²) in [4.78, 5) is 1.25. The van der Waals surface area contributed by atoms with Crippen molar-refractivity contribution in [3.63, 3.8) is 0 Å². The molecule has 1 aromatic heterocycles. The normalized spacial score (nSPS) is 11.5. The van der Waals surface area contributed by atoms with E-state index in [1.54, 1.807) is 11.3 Å². The van der Waals surface area contributed by atoms with Crippen molar-refractivity contribution in [3.8, 4) is 5.75 Å². The molecule has 0 saturated carbocycles. The van der Waals surface area contributed by atoms with Crippen LogP contribution in [0.3, 0.4) is 0 Å². The minimum absolute atomic E-state index is 0.147. The van der Waals surface area contributed by atoms with Crippen LogP contribution in [-0.2, 0) is 13.2 Å². The topological polar surface area (TPSA) is 21.3 Å². The second-order valence-electron chi connectivity index (χ2n) is 5.62. The van der Waals surface area contributed by atoms with Gasteiger partial charge in [0.15, 0.2) is 0 Å². The third kappa shape index (κ3) is 5.05. The van der Waals surface area contributed by atoms with Crippen LogP contribution in [0.25, 0.3) is 0 Å². The van der Waals surface area contributed by atoms with Crippen LogP contribution in [0.4, 0.5) is 0 Å². The summed E-state index contributed by atoms with van der Waals surface area (Å²) in [5, 5.41) is 5.54. The molecule has 0 atom stereocenters. The molecule has 2 aromatic rings.